The number of carbonyl (C=O) groups excluding carboxylic acids is 1. The van der Waals surface area contributed by atoms with Crippen molar-refractivity contribution in [1.29, 1.82) is 0 Å². The van der Waals surface area contributed by atoms with Crippen molar-refractivity contribution in [2.75, 3.05) is 13.1 Å². The molecule has 1 saturated heterocycles. The number of carbonyl (C=O) groups is 1. The summed E-state index contributed by atoms with van der Waals surface area (Å²) in [6.07, 6.45) is 2.27. The van der Waals surface area contributed by atoms with Crippen molar-refractivity contribution < 1.29 is 18.0 Å². The van der Waals surface area contributed by atoms with Gasteiger partial charge >= 0.3 is 0 Å². The lowest BCUT2D eigenvalue weighted by atomic mass is 9.83. The number of nitrogens with one attached hydrogen (secondary N) is 1. The van der Waals surface area contributed by atoms with Crippen LogP contribution in [0.3, 0.4) is 0 Å². The summed E-state index contributed by atoms with van der Waals surface area (Å²) in [5.74, 6) is 0.0853. The average molecular weight is 424 g/mol. The van der Waals surface area contributed by atoms with Crippen LogP contribution in [0.5, 0.6) is 0 Å². The van der Waals surface area contributed by atoms with Gasteiger partial charge in [-0.2, -0.15) is 0 Å². The quantitative estimate of drug-likeness (QED) is 0.619. The topological polar surface area (TPSA) is 45.5 Å². The first-order valence-electron chi connectivity index (χ1n) is 10.5. The van der Waals surface area contributed by atoms with Gasteiger partial charge in [0.05, 0.1) is 18.7 Å². The summed E-state index contributed by atoms with van der Waals surface area (Å²) in [5.41, 5.74) is 2.63. The molecule has 31 heavy (non-hydrogen) atoms. The van der Waals surface area contributed by atoms with Crippen LogP contribution in [0, 0.1) is 24.5 Å². The molecule has 6 heteroatoms. The molecule has 1 aliphatic rings. The fourth-order valence-corrected chi connectivity index (χ4v) is 4.25. The van der Waals surface area contributed by atoms with E-state index in [0.717, 1.165) is 17.7 Å². The lowest BCUT2D eigenvalue weighted by molar-refractivity contribution is -0.127. The van der Waals surface area contributed by atoms with Crippen LogP contribution in [0.4, 0.5) is 8.78 Å². The maximum Gasteiger partial charge on any atom is 0.224 e. The van der Waals surface area contributed by atoms with Gasteiger partial charge in [0.2, 0.25) is 5.91 Å². The molecule has 1 fully saturated rings. The summed E-state index contributed by atoms with van der Waals surface area (Å²) >= 11 is 0. The average Bonchev–Trinajstić information content (AvgIpc) is 3.29. The van der Waals surface area contributed by atoms with E-state index >= 15 is 0 Å². The Morgan fingerprint density at radius 1 is 1.13 bits per heavy atom. The van der Waals surface area contributed by atoms with E-state index in [9.17, 15) is 13.6 Å². The Morgan fingerprint density at radius 2 is 1.94 bits per heavy atom. The van der Waals surface area contributed by atoms with Gasteiger partial charge < -0.3 is 9.73 Å². The van der Waals surface area contributed by atoms with Crippen molar-refractivity contribution in [3.63, 3.8) is 0 Å². The lowest BCUT2D eigenvalue weighted by Crippen LogP contribution is -2.45. The fourth-order valence-electron chi connectivity index (χ4n) is 4.25. The fraction of sp³-hybridized carbons (Fsp3) is 0.320. The third kappa shape index (κ3) is 5.39. The smallest absolute Gasteiger partial charge is 0.224 e. The van der Waals surface area contributed by atoms with E-state index in [-0.39, 0.29) is 29.4 Å². The molecule has 4 nitrogen and oxygen atoms in total. The molecule has 1 aliphatic heterocycles. The van der Waals surface area contributed by atoms with Gasteiger partial charge in [-0.15, -0.1) is 0 Å². The number of piperidine rings is 1. The molecule has 2 atom stereocenters. The zero-order valence-corrected chi connectivity index (χ0v) is 17.5. The zero-order valence-electron chi connectivity index (χ0n) is 17.5. The molecule has 1 amide bonds. The van der Waals surface area contributed by atoms with Crippen molar-refractivity contribution in [3.8, 4) is 0 Å². The third-order valence-electron chi connectivity index (χ3n) is 5.89. The highest BCUT2D eigenvalue weighted by molar-refractivity contribution is 5.79. The van der Waals surface area contributed by atoms with E-state index in [1.165, 1.54) is 18.2 Å². The molecular formula is C25H26F2N2O2. The van der Waals surface area contributed by atoms with Gasteiger partial charge in [0.15, 0.2) is 0 Å². The summed E-state index contributed by atoms with van der Waals surface area (Å²) < 4.78 is 32.4. The summed E-state index contributed by atoms with van der Waals surface area (Å²) in [4.78, 5) is 15.2. The summed E-state index contributed by atoms with van der Waals surface area (Å²) in [7, 11) is 0. The summed E-state index contributed by atoms with van der Waals surface area (Å²) in [6, 6.07) is 15.2. The molecule has 4 rings (SSSR count). The first-order chi connectivity index (χ1) is 15.0. The second-order valence-corrected chi connectivity index (χ2v) is 8.26. The van der Waals surface area contributed by atoms with Crippen LogP contribution in [-0.4, -0.2) is 23.9 Å². The number of amides is 1. The number of hydrogen-bond acceptors (Lipinski definition) is 3. The molecule has 3 aromatic rings. The molecule has 0 aliphatic carbocycles. The molecule has 162 valence electrons. The van der Waals surface area contributed by atoms with Gasteiger partial charge in [0.25, 0.3) is 0 Å². The standard InChI is InChI=1S/C25H26F2N2O2/c1-17-11-19(6-9-24(17)27)20-12-21(25(30)28-13-23-3-2-10-31-23)16-29(15-20)14-18-4-7-22(26)8-5-18/h2-11,20-21H,12-16H2,1H3,(H,28,30)/t20-,21+/m0/s1. The molecule has 0 bridgehead atoms. The number of likely N-dealkylation sites (tertiary alicyclic amines) is 1. The largest absolute Gasteiger partial charge is 0.467 e. The van der Waals surface area contributed by atoms with Crippen LogP contribution in [0.2, 0.25) is 0 Å². The van der Waals surface area contributed by atoms with Crippen LogP contribution < -0.4 is 5.32 Å². The normalized spacial score (nSPS) is 19.3. The molecule has 1 N–H and O–H groups in total. The number of hydrogen-bond donors (Lipinski definition) is 1. The highest BCUT2D eigenvalue weighted by Crippen LogP contribution is 2.32. The highest BCUT2D eigenvalue weighted by atomic mass is 19.1. The van der Waals surface area contributed by atoms with Gasteiger partial charge in [-0.05, 0) is 66.3 Å². The van der Waals surface area contributed by atoms with Crippen molar-refractivity contribution in [2.24, 2.45) is 5.92 Å². The van der Waals surface area contributed by atoms with E-state index in [2.05, 4.69) is 10.2 Å². The van der Waals surface area contributed by atoms with Crippen LogP contribution in [-0.2, 0) is 17.9 Å². The molecule has 1 aromatic heterocycles. The number of halogens is 2. The van der Waals surface area contributed by atoms with Crippen molar-refractivity contribution in [2.45, 2.75) is 32.4 Å². The molecule has 0 spiro atoms. The first-order valence-corrected chi connectivity index (χ1v) is 10.5. The minimum absolute atomic E-state index is 0.0240. The van der Waals surface area contributed by atoms with Crippen molar-refractivity contribution >= 4 is 5.91 Å². The van der Waals surface area contributed by atoms with Crippen LogP contribution in [0.15, 0.2) is 65.3 Å². The van der Waals surface area contributed by atoms with Crippen molar-refractivity contribution in [3.05, 3.63) is 94.9 Å². The Balaban J connectivity index is 1.51. The number of nitrogens with zero attached hydrogens (tertiary/aromatic N) is 1. The predicted molar refractivity (Wildman–Crippen MR) is 114 cm³/mol. The first kappa shape index (κ1) is 21.2. The minimum Gasteiger partial charge on any atom is -0.467 e. The van der Waals surface area contributed by atoms with Gasteiger partial charge in [0.1, 0.15) is 17.4 Å². The summed E-state index contributed by atoms with van der Waals surface area (Å²) in [5, 5.41) is 2.97. The van der Waals surface area contributed by atoms with Crippen LogP contribution in [0.25, 0.3) is 0 Å². The van der Waals surface area contributed by atoms with Crippen molar-refractivity contribution in [1.82, 2.24) is 10.2 Å². The molecule has 2 aromatic carbocycles. The Bertz CT molecular complexity index is 1020. The molecule has 0 radical (unpaired) electrons. The Hall–Kier alpha value is -2.99. The molecule has 0 unspecified atom stereocenters. The maximum atomic E-state index is 13.8. The van der Waals surface area contributed by atoms with Gasteiger partial charge in [-0.25, -0.2) is 8.78 Å². The third-order valence-corrected chi connectivity index (χ3v) is 5.89. The number of benzene rings is 2. The number of rotatable bonds is 6. The maximum absolute atomic E-state index is 13.8. The highest BCUT2D eigenvalue weighted by Gasteiger charge is 2.32. The second-order valence-electron chi connectivity index (χ2n) is 8.26. The monoisotopic (exact) mass is 424 g/mol. The van der Waals surface area contributed by atoms with Crippen LogP contribution >= 0.6 is 0 Å². The van der Waals surface area contributed by atoms with E-state index < -0.39 is 0 Å². The Labute approximate surface area is 180 Å². The van der Waals surface area contributed by atoms with Gasteiger partial charge in [-0.1, -0.05) is 24.3 Å². The van der Waals surface area contributed by atoms with E-state index in [1.54, 1.807) is 31.4 Å². The minimum atomic E-state index is -0.266. The van der Waals surface area contributed by atoms with E-state index in [4.69, 9.17) is 4.42 Å². The molecular weight excluding hydrogens is 398 g/mol. The number of furan rings is 1. The molecule has 2 heterocycles. The number of aryl methyl sites for hydroxylation is 1. The Kier molecular flexibility index (Phi) is 6.47. The lowest BCUT2D eigenvalue weighted by Gasteiger charge is -2.37. The van der Waals surface area contributed by atoms with Crippen LogP contribution in [0.1, 0.15) is 34.8 Å². The van der Waals surface area contributed by atoms with E-state index in [0.29, 0.717) is 37.4 Å². The SMILES string of the molecule is Cc1cc([C@H]2C[C@@H](C(=O)NCc3ccco3)CN(Cc3ccc(F)cc3)C2)ccc1F. The summed E-state index contributed by atoms with van der Waals surface area (Å²) in [6.45, 7) is 4.09. The zero-order chi connectivity index (χ0) is 21.8. The van der Waals surface area contributed by atoms with E-state index in [1.807, 2.05) is 18.2 Å². The van der Waals surface area contributed by atoms with Gasteiger partial charge in [0, 0.05) is 19.6 Å². The Morgan fingerprint density at radius 3 is 2.65 bits per heavy atom. The molecule has 0 saturated carbocycles. The second kappa shape index (κ2) is 9.43. The predicted octanol–water partition coefficient (Wildman–Crippen LogP) is 4.79. The van der Waals surface area contributed by atoms with Gasteiger partial charge in [-0.3, -0.25) is 9.69 Å².